The first kappa shape index (κ1) is 6.54. The molecule has 1 aliphatic heterocycles. The third-order valence-corrected chi connectivity index (χ3v) is 3.22. The molecule has 1 aromatic heterocycles. The van der Waals surface area contributed by atoms with Gasteiger partial charge in [0, 0.05) is 13.0 Å². The van der Waals surface area contributed by atoms with E-state index in [-0.39, 0.29) is 5.59 Å². The van der Waals surface area contributed by atoms with Crippen molar-refractivity contribution in [3.8, 4) is 5.88 Å². The first-order valence-electron chi connectivity index (χ1n) is 10.2. The zero-order valence-electron chi connectivity index (χ0n) is 20.2. The first-order valence-corrected chi connectivity index (χ1v) is 5.72. The van der Waals surface area contributed by atoms with Gasteiger partial charge in [0.25, 0.3) is 0 Å². The number of hydrogen-bond donors (Lipinski definition) is 0. The van der Waals surface area contributed by atoms with Gasteiger partial charge < -0.3 is 14.0 Å². The molecule has 5 nitrogen and oxygen atoms in total. The van der Waals surface area contributed by atoms with E-state index in [1.807, 2.05) is 0 Å². The minimum absolute atomic E-state index is 0.199. The minimum Gasteiger partial charge on any atom is -0.477 e. The Kier molecular flexibility index (Phi) is 1.75. The highest BCUT2D eigenvalue weighted by molar-refractivity contribution is 6.61. The molecule has 2 heterocycles. The fourth-order valence-electron chi connectivity index (χ4n) is 1.47. The Morgan fingerprint density at radius 2 is 2.05 bits per heavy atom. The van der Waals surface area contributed by atoms with Crippen LogP contribution in [0.5, 0.6) is 5.88 Å². The van der Waals surface area contributed by atoms with Gasteiger partial charge in [-0.25, -0.2) is 4.98 Å². The summed E-state index contributed by atoms with van der Waals surface area (Å²) in [6, 6.07) is 0. The molecular formula is C13H21BN2O3. The van der Waals surface area contributed by atoms with Gasteiger partial charge in [0.2, 0.25) is 5.88 Å². The SMILES string of the molecule is [2H]c1nc([2H])c(B2OC(C)(C)C(C)(C)O2)nc1OC([2H])([2H])C([2H])([2H])C([2H])([2H])[2H]. The van der Waals surface area contributed by atoms with Gasteiger partial charge in [-0.1, -0.05) is 6.85 Å². The highest BCUT2D eigenvalue weighted by atomic mass is 16.7. The Hall–Kier alpha value is -1.14. The van der Waals surface area contributed by atoms with Crippen molar-refractivity contribution in [3.63, 3.8) is 0 Å². The monoisotopic (exact) mass is 273 g/mol. The molecule has 0 amide bonds. The number of rotatable bonds is 4. The summed E-state index contributed by atoms with van der Waals surface area (Å²) in [6.45, 7) is 0.372. The van der Waals surface area contributed by atoms with E-state index >= 15 is 0 Å². The van der Waals surface area contributed by atoms with E-state index in [2.05, 4.69) is 9.97 Å². The predicted octanol–water partition coefficient (Wildman–Crippen LogP) is 1.56. The molecule has 0 aromatic carbocycles. The standard InChI is InChI=1S/C13H21BN2O3/c1-6-7-17-11-9-15-8-10(16-11)14-18-12(2,3)13(4,5)19-14/h8-9H,6-7H2,1-5H3/i1D3,6D2,7D2,8D,9D. The van der Waals surface area contributed by atoms with Crippen molar-refractivity contribution in [3.05, 3.63) is 12.3 Å². The van der Waals surface area contributed by atoms with E-state index in [4.69, 9.17) is 26.4 Å². The summed E-state index contributed by atoms with van der Waals surface area (Å²) in [6.07, 6.45) is -4.62. The van der Waals surface area contributed by atoms with Crippen LogP contribution in [-0.4, -0.2) is 34.8 Å². The van der Waals surface area contributed by atoms with Crippen LogP contribution in [-0.2, 0) is 9.31 Å². The lowest BCUT2D eigenvalue weighted by Gasteiger charge is -2.32. The molecule has 0 radical (unpaired) electrons. The van der Waals surface area contributed by atoms with Gasteiger partial charge in [0.05, 0.1) is 35.0 Å². The van der Waals surface area contributed by atoms with Crippen LogP contribution in [0.15, 0.2) is 12.3 Å². The quantitative estimate of drug-likeness (QED) is 0.779. The Balaban J connectivity index is 2.43. The molecule has 1 saturated heterocycles. The van der Waals surface area contributed by atoms with Crippen LogP contribution < -0.4 is 10.3 Å². The second-order valence-electron chi connectivity index (χ2n) is 5.05. The molecule has 19 heavy (non-hydrogen) atoms. The zero-order chi connectivity index (χ0) is 21.9. The molecule has 0 saturated carbocycles. The molecular weight excluding hydrogens is 243 g/mol. The van der Waals surface area contributed by atoms with Gasteiger partial charge in [-0.15, -0.1) is 0 Å². The number of nitrogens with zero attached hydrogens (tertiary/aromatic N) is 2. The van der Waals surface area contributed by atoms with Crippen LogP contribution in [0.4, 0.5) is 0 Å². The van der Waals surface area contributed by atoms with Crippen molar-refractivity contribution in [2.24, 2.45) is 0 Å². The fraction of sp³-hybridized carbons (Fsp3) is 0.692. The van der Waals surface area contributed by atoms with Gasteiger partial charge in [0.1, 0.15) is 0 Å². The molecule has 1 aromatic rings. The smallest absolute Gasteiger partial charge is 0.477 e. The van der Waals surface area contributed by atoms with Crippen LogP contribution in [0, 0.1) is 0 Å². The topological polar surface area (TPSA) is 53.5 Å². The van der Waals surface area contributed by atoms with Crippen molar-refractivity contribution in [2.45, 2.75) is 52.1 Å². The molecule has 0 bridgehead atoms. The van der Waals surface area contributed by atoms with Crippen LogP contribution in [0.2, 0.25) is 0 Å². The summed E-state index contributed by atoms with van der Waals surface area (Å²) in [4.78, 5) is 7.46. The fourth-order valence-corrected chi connectivity index (χ4v) is 1.47. The van der Waals surface area contributed by atoms with Crippen molar-refractivity contribution < 1.29 is 26.4 Å². The van der Waals surface area contributed by atoms with Crippen LogP contribution >= 0.6 is 0 Å². The lowest BCUT2D eigenvalue weighted by molar-refractivity contribution is 0.00578. The van der Waals surface area contributed by atoms with E-state index in [0.717, 1.165) is 0 Å². The van der Waals surface area contributed by atoms with Crippen LogP contribution in [0.3, 0.4) is 0 Å². The van der Waals surface area contributed by atoms with Crippen molar-refractivity contribution >= 4 is 12.7 Å². The van der Waals surface area contributed by atoms with Crippen molar-refractivity contribution in [2.75, 3.05) is 6.56 Å². The molecule has 0 aliphatic carbocycles. The normalized spacial score (nSPS) is 29.7. The molecule has 6 heteroatoms. The molecule has 2 rings (SSSR count). The number of aromatic nitrogens is 2. The Bertz CT molecular complexity index is 754. The molecule has 104 valence electrons. The van der Waals surface area contributed by atoms with Crippen molar-refractivity contribution in [1.29, 1.82) is 0 Å². The highest BCUT2D eigenvalue weighted by Gasteiger charge is 2.52. The molecule has 0 atom stereocenters. The highest BCUT2D eigenvalue weighted by Crippen LogP contribution is 2.36. The van der Waals surface area contributed by atoms with Gasteiger partial charge in [-0.3, -0.25) is 4.98 Å². The summed E-state index contributed by atoms with van der Waals surface area (Å²) in [7, 11) is -1.15. The van der Waals surface area contributed by atoms with Gasteiger partial charge in [-0.05, 0) is 34.1 Å². The third kappa shape index (κ3) is 2.90. The largest absolute Gasteiger partial charge is 0.516 e. The minimum atomic E-state index is -3.40. The Morgan fingerprint density at radius 3 is 2.68 bits per heavy atom. The Labute approximate surface area is 127 Å². The van der Waals surface area contributed by atoms with E-state index in [1.165, 1.54) is 0 Å². The molecule has 0 N–H and O–H groups in total. The van der Waals surface area contributed by atoms with Crippen LogP contribution in [0.25, 0.3) is 0 Å². The average molecular weight is 273 g/mol. The lowest BCUT2D eigenvalue weighted by atomic mass is 9.85. The maximum atomic E-state index is 7.92. The maximum Gasteiger partial charge on any atom is 0.516 e. The first-order chi connectivity index (χ1) is 12.3. The molecule has 1 fully saturated rings. The number of hydrogen-bond acceptors (Lipinski definition) is 5. The maximum absolute atomic E-state index is 7.92. The van der Waals surface area contributed by atoms with Gasteiger partial charge in [0.15, 0.2) is 0 Å². The number of ether oxygens (including phenoxy) is 1. The summed E-state index contributed by atoms with van der Waals surface area (Å²) in [5.74, 6) is -0.779. The second-order valence-corrected chi connectivity index (χ2v) is 5.05. The summed E-state index contributed by atoms with van der Waals surface area (Å²) >= 11 is 0. The third-order valence-electron chi connectivity index (χ3n) is 3.22. The lowest BCUT2D eigenvalue weighted by Crippen LogP contribution is -2.41. The molecule has 0 spiro atoms. The molecule has 1 aliphatic rings. The summed E-state index contributed by atoms with van der Waals surface area (Å²) in [5.41, 5.74) is -1.73. The zero-order valence-corrected chi connectivity index (χ0v) is 11.2. The predicted molar refractivity (Wildman–Crippen MR) is 73.5 cm³/mol. The average Bonchev–Trinajstić information content (AvgIpc) is 2.68. The van der Waals surface area contributed by atoms with E-state index in [0.29, 0.717) is 0 Å². The summed E-state index contributed by atoms with van der Waals surface area (Å²) < 4.78 is 84.2. The van der Waals surface area contributed by atoms with E-state index < -0.39 is 56.3 Å². The van der Waals surface area contributed by atoms with Crippen LogP contribution in [0.1, 0.15) is 53.3 Å². The van der Waals surface area contributed by atoms with Crippen molar-refractivity contribution in [1.82, 2.24) is 9.97 Å². The molecule has 0 unspecified atom stereocenters. The van der Waals surface area contributed by atoms with Gasteiger partial charge in [-0.2, -0.15) is 0 Å². The Morgan fingerprint density at radius 1 is 1.37 bits per heavy atom. The summed E-state index contributed by atoms with van der Waals surface area (Å²) in [5, 5.41) is 0. The van der Waals surface area contributed by atoms with Gasteiger partial charge >= 0.3 is 7.12 Å². The van der Waals surface area contributed by atoms with E-state index in [9.17, 15) is 0 Å². The van der Waals surface area contributed by atoms with E-state index in [1.54, 1.807) is 27.7 Å². The second kappa shape index (κ2) is 5.09.